The van der Waals surface area contributed by atoms with Gasteiger partial charge in [-0.3, -0.25) is 19.6 Å². The molecule has 0 saturated carbocycles. The number of likely N-dealkylation sites (N-methyl/N-ethyl adjacent to an activating group) is 4. The van der Waals surface area contributed by atoms with E-state index in [1.54, 1.807) is 0 Å². The number of hydrogen-bond donors (Lipinski definition) is 4. The Kier molecular flexibility index (Phi) is 19.5. The van der Waals surface area contributed by atoms with Gasteiger partial charge in [-0.25, -0.2) is 0 Å². The predicted molar refractivity (Wildman–Crippen MR) is 238 cm³/mol. The Bertz CT molecular complexity index is 1310. The van der Waals surface area contributed by atoms with Gasteiger partial charge in [-0.15, -0.1) is 0 Å². The van der Waals surface area contributed by atoms with E-state index in [4.69, 9.17) is 0 Å². The zero-order valence-electron chi connectivity index (χ0n) is 35.0. The topological polar surface area (TPSA) is 61.1 Å². The second kappa shape index (κ2) is 25.0. The van der Waals surface area contributed by atoms with Crippen LogP contribution in [0.5, 0.6) is 0 Å². The third-order valence-electron chi connectivity index (χ3n) is 11.8. The van der Waals surface area contributed by atoms with Crippen LogP contribution in [0, 0.1) is 0 Å². The fourth-order valence-electron chi connectivity index (χ4n) is 8.18. The highest BCUT2D eigenvalue weighted by Crippen LogP contribution is 2.12. The average Bonchev–Trinajstić information content (AvgIpc) is 3.24. The Hall–Kier alpha value is -3.44. The summed E-state index contributed by atoms with van der Waals surface area (Å²) in [5, 5.41) is 14.8. The van der Waals surface area contributed by atoms with E-state index in [-0.39, 0.29) is 0 Å². The molecule has 0 amide bonds. The molecule has 0 unspecified atom stereocenters. The van der Waals surface area contributed by atoms with Gasteiger partial charge in [0, 0.05) is 103 Å². The van der Waals surface area contributed by atoms with Crippen LogP contribution in [0.2, 0.25) is 0 Å². The minimum absolute atomic E-state index is 0.386. The molecule has 56 heavy (non-hydrogen) atoms. The molecule has 8 heteroatoms. The molecule has 8 nitrogen and oxygen atoms in total. The van der Waals surface area contributed by atoms with Gasteiger partial charge < -0.3 is 21.3 Å². The number of benzene rings is 4. The van der Waals surface area contributed by atoms with Crippen molar-refractivity contribution >= 4 is 0 Å². The van der Waals surface area contributed by atoms with Gasteiger partial charge in [-0.1, -0.05) is 121 Å². The molecule has 1 aliphatic rings. The van der Waals surface area contributed by atoms with Crippen molar-refractivity contribution in [1.82, 2.24) is 40.9 Å². The number of rotatable bonds is 20. The van der Waals surface area contributed by atoms with Crippen LogP contribution < -0.4 is 21.3 Å². The quantitative estimate of drug-likeness (QED) is 0.105. The van der Waals surface area contributed by atoms with E-state index in [1.165, 1.54) is 22.3 Å². The maximum absolute atomic E-state index is 3.69. The summed E-state index contributed by atoms with van der Waals surface area (Å²) in [5.74, 6) is 0. The molecule has 1 heterocycles. The second-order valence-corrected chi connectivity index (χ2v) is 15.9. The van der Waals surface area contributed by atoms with E-state index < -0.39 is 0 Å². The van der Waals surface area contributed by atoms with Crippen LogP contribution >= 0.6 is 0 Å². The Labute approximate surface area is 340 Å². The van der Waals surface area contributed by atoms with E-state index in [1.807, 2.05) is 0 Å². The maximum Gasteiger partial charge on any atom is 0.0232 e. The normalized spacial score (nSPS) is 18.1. The molecule has 4 aromatic carbocycles. The first-order valence-electron chi connectivity index (χ1n) is 21.3. The summed E-state index contributed by atoms with van der Waals surface area (Å²) in [6.45, 7) is 12.5. The van der Waals surface area contributed by atoms with Crippen LogP contribution in [-0.2, 0) is 25.7 Å². The molecular formula is C48H72N8. The van der Waals surface area contributed by atoms with Crippen LogP contribution in [0.15, 0.2) is 121 Å². The lowest BCUT2D eigenvalue weighted by molar-refractivity contribution is 0.116. The number of nitrogens with one attached hydrogen (secondary N) is 4. The molecule has 4 aromatic rings. The van der Waals surface area contributed by atoms with Gasteiger partial charge in [-0.2, -0.15) is 0 Å². The molecule has 0 bridgehead atoms. The van der Waals surface area contributed by atoms with E-state index in [2.05, 4.69) is 190 Å². The van der Waals surface area contributed by atoms with Crippen molar-refractivity contribution in [3.05, 3.63) is 144 Å². The summed E-state index contributed by atoms with van der Waals surface area (Å²) in [4.78, 5) is 11.0. The monoisotopic (exact) mass is 761 g/mol. The summed E-state index contributed by atoms with van der Waals surface area (Å²) in [7, 11) is 8.54. The molecule has 4 N–H and O–H groups in total. The van der Waals surface area contributed by atoms with Crippen molar-refractivity contribution in [2.45, 2.75) is 49.9 Å². The molecule has 304 valence electrons. The summed E-state index contributed by atoms with van der Waals surface area (Å²) < 4.78 is 0. The lowest BCUT2D eigenvalue weighted by atomic mass is 10.0. The van der Waals surface area contributed by atoms with Gasteiger partial charge in [0.2, 0.25) is 0 Å². The van der Waals surface area contributed by atoms with Crippen LogP contribution in [0.25, 0.3) is 0 Å². The lowest BCUT2D eigenvalue weighted by Gasteiger charge is -2.38. The van der Waals surface area contributed by atoms with Crippen molar-refractivity contribution in [3.63, 3.8) is 0 Å². The molecule has 1 fully saturated rings. The summed E-state index contributed by atoms with van der Waals surface area (Å²) in [6.07, 6.45) is 4.13. The molecule has 1 saturated heterocycles. The smallest absolute Gasteiger partial charge is 0.0232 e. The lowest BCUT2D eigenvalue weighted by Crippen LogP contribution is -2.53. The minimum atomic E-state index is 0.386. The fraction of sp³-hybridized carbons (Fsp3) is 0.500. The van der Waals surface area contributed by atoms with Gasteiger partial charge >= 0.3 is 0 Å². The predicted octanol–water partition coefficient (Wildman–Crippen LogP) is 4.53. The maximum atomic E-state index is 3.69. The van der Waals surface area contributed by atoms with Crippen molar-refractivity contribution in [1.29, 1.82) is 0 Å². The largest absolute Gasteiger partial charge is 0.315 e. The van der Waals surface area contributed by atoms with Gasteiger partial charge in [0.05, 0.1) is 0 Å². The zero-order chi connectivity index (χ0) is 39.2. The fourth-order valence-corrected chi connectivity index (χ4v) is 8.18. The van der Waals surface area contributed by atoms with Crippen LogP contribution in [0.4, 0.5) is 0 Å². The highest BCUT2D eigenvalue weighted by atomic mass is 15.3. The number of nitrogens with zero attached hydrogens (tertiary/aromatic N) is 4. The van der Waals surface area contributed by atoms with E-state index in [0.717, 1.165) is 104 Å². The minimum Gasteiger partial charge on any atom is -0.315 e. The van der Waals surface area contributed by atoms with Gasteiger partial charge in [0.1, 0.15) is 0 Å². The average molecular weight is 761 g/mol. The summed E-state index contributed by atoms with van der Waals surface area (Å²) >= 11 is 0. The summed E-state index contributed by atoms with van der Waals surface area (Å²) in [5.41, 5.74) is 5.58. The molecular weight excluding hydrogens is 689 g/mol. The third kappa shape index (κ3) is 15.8. The molecule has 5 rings (SSSR count). The van der Waals surface area contributed by atoms with Crippen molar-refractivity contribution < 1.29 is 0 Å². The van der Waals surface area contributed by atoms with Crippen LogP contribution in [-0.4, -0.2) is 150 Å². The van der Waals surface area contributed by atoms with Crippen molar-refractivity contribution in [3.8, 4) is 0 Å². The molecule has 1 aliphatic heterocycles. The Balaban J connectivity index is 1.36. The number of hydrogen-bond acceptors (Lipinski definition) is 8. The Morgan fingerprint density at radius 1 is 0.321 bits per heavy atom. The first-order chi connectivity index (χ1) is 27.5. The highest BCUT2D eigenvalue weighted by Gasteiger charge is 2.23. The first-order valence-corrected chi connectivity index (χ1v) is 21.3. The molecule has 0 radical (unpaired) electrons. The SMILES string of the molecule is CN[C@@H](Cc1ccccc1)CN1CCN(C[C@H](Cc2ccccc2)NC)CCN(C[C@H](Cc2ccccc2)NC)CCN(C[C@H](Cc2ccccc2)NC)CC1. The Morgan fingerprint density at radius 2 is 0.500 bits per heavy atom. The molecule has 4 atom stereocenters. The first kappa shape index (κ1) is 43.7. The molecule has 0 aromatic heterocycles. The van der Waals surface area contributed by atoms with E-state index >= 15 is 0 Å². The van der Waals surface area contributed by atoms with Gasteiger partial charge in [0.15, 0.2) is 0 Å². The van der Waals surface area contributed by atoms with Crippen LogP contribution in [0.1, 0.15) is 22.3 Å². The summed E-state index contributed by atoms with van der Waals surface area (Å²) in [6, 6.07) is 45.5. The molecule has 0 spiro atoms. The van der Waals surface area contributed by atoms with Crippen molar-refractivity contribution in [2.24, 2.45) is 0 Å². The third-order valence-corrected chi connectivity index (χ3v) is 11.8. The standard InChI is InChI=1S/C48H72N8/c1-49-45(33-41-17-9-5-10-18-41)37-53-25-27-54(38-46(50-2)34-42-19-11-6-12-20-42)29-31-56(40-48(52-4)36-44-23-15-8-16-24-44)32-30-55(28-26-53)39-47(51-3)35-43-21-13-7-14-22-43/h5-24,45-52H,25-40H2,1-4H3/t45-,46-,47-,48-/m0/s1. The Morgan fingerprint density at radius 3 is 0.661 bits per heavy atom. The highest BCUT2D eigenvalue weighted by molar-refractivity contribution is 5.18. The van der Waals surface area contributed by atoms with Gasteiger partial charge in [0.25, 0.3) is 0 Å². The molecule has 0 aliphatic carbocycles. The van der Waals surface area contributed by atoms with Crippen LogP contribution in [0.3, 0.4) is 0 Å². The zero-order valence-corrected chi connectivity index (χ0v) is 35.0. The van der Waals surface area contributed by atoms with E-state index in [9.17, 15) is 0 Å². The van der Waals surface area contributed by atoms with Crippen molar-refractivity contribution in [2.75, 3.05) is 107 Å². The second-order valence-electron chi connectivity index (χ2n) is 15.9. The van der Waals surface area contributed by atoms with E-state index in [0.29, 0.717) is 24.2 Å². The van der Waals surface area contributed by atoms with Gasteiger partial charge in [-0.05, 0) is 76.1 Å².